The predicted octanol–water partition coefficient (Wildman–Crippen LogP) is 4.51. The Balaban J connectivity index is 1.72. The van der Waals surface area contributed by atoms with Crippen molar-refractivity contribution in [3.63, 3.8) is 0 Å². The molecule has 104 valence electrons. The molecule has 4 rings (SSSR count). The number of hydrogen-bond donors (Lipinski definition) is 0. The van der Waals surface area contributed by atoms with Crippen LogP contribution in [0, 0.1) is 6.92 Å². The number of fused-ring (bicyclic) bond motifs is 3. The van der Waals surface area contributed by atoms with Crippen molar-refractivity contribution in [1.29, 1.82) is 0 Å². The second-order valence-electron chi connectivity index (χ2n) is 5.89. The summed E-state index contributed by atoms with van der Waals surface area (Å²) in [5.74, 6) is 0. The number of nitrogens with zero attached hydrogens (tertiary/aromatic N) is 1. The predicted molar refractivity (Wildman–Crippen MR) is 87.9 cm³/mol. The van der Waals surface area contributed by atoms with Crippen molar-refractivity contribution in [2.75, 3.05) is 6.54 Å². The summed E-state index contributed by atoms with van der Waals surface area (Å²) in [5.41, 5.74) is 6.95. The SMILES string of the molecule is Cc1ccccc1C1=CN2CCc3ccccc3C2C=C1. The van der Waals surface area contributed by atoms with Gasteiger partial charge in [-0.1, -0.05) is 60.7 Å². The van der Waals surface area contributed by atoms with Gasteiger partial charge in [0.2, 0.25) is 0 Å². The molecule has 2 aromatic rings. The van der Waals surface area contributed by atoms with Gasteiger partial charge in [-0.15, -0.1) is 0 Å². The first-order valence-electron chi connectivity index (χ1n) is 7.62. The lowest BCUT2D eigenvalue weighted by Crippen LogP contribution is -2.31. The first-order chi connectivity index (χ1) is 10.3. The molecule has 2 heterocycles. The van der Waals surface area contributed by atoms with Crippen molar-refractivity contribution in [1.82, 2.24) is 4.90 Å². The van der Waals surface area contributed by atoms with Crippen LogP contribution in [0.4, 0.5) is 0 Å². The van der Waals surface area contributed by atoms with E-state index in [1.165, 1.54) is 27.8 Å². The maximum Gasteiger partial charge on any atom is 0.0727 e. The minimum Gasteiger partial charge on any atom is -0.366 e. The average molecular weight is 273 g/mol. The Morgan fingerprint density at radius 3 is 2.71 bits per heavy atom. The zero-order chi connectivity index (χ0) is 14.2. The van der Waals surface area contributed by atoms with Gasteiger partial charge in [-0.05, 0) is 41.2 Å². The molecule has 2 aliphatic rings. The molecule has 0 fully saturated rings. The third-order valence-corrected chi connectivity index (χ3v) is 4.59. The number of hydrogen-bond acceptors (Lipinski definition) is 1. The Morgan fingerprint density at radius 2 is 1.81 bits per heavy atom. The highest BCUT2D eigenvalue weighted by atomic mass is 15.1. The van der Waals surface area contributed by atoms with Crippen molar-refractivity contribution in [3.8, 4) is 0 Å². The zero-order valence-corrected chi connectivity index (χ0v) is 12.3. The van der Waals surface area contributed by atoms with E-state index in [1.807, 2.05) is 0 Å². The van der Waals surface area contributed by atoms with Gasteiger partial charge < -0.3 is 4.90 Å². The van der Waals surface area contributed by atoms with Crippen LogP contribution in [-0.4, -0.2) is 11.4 Å². The van der Waals surface area contributed by atoms with E-state index in [2.05, 4.69) is 78.7 Å². The van der Waals surface area contributed by atoms with Crippen LogP contribution in [-0.2, 0) is 6.42 Å². The van der Waals surface area contributed by atoms with E-state index in [4.69, 9.17) is 0 Å². The maximum atomic E-state index is 2.48. The minimum atomic E-state index is 0.405. The first kappa shape index (κ1) is 12.5. The molecule has 1 atom stereocenters. The van der Waals surface area contributed by atoms with Crippen LogP contribution in [0.5, 0.6) is 0 Å². The van der Waals surface area contributed by atoms with Gasteiger partial charge in [0.25, 0.3) is 0 Å². The lowest BCUT2D eigenvalue weighted by molar-refractivity contribution is 0.306. The van der Waals surface area contributed by atoms with Crippen LogP contribution in [0.2, 0.25) is 0 Å². The van der Waals surface area contributed by atoms with E-state index in [1.54, 1.807) is 0 Å². The molecule has 0 aliphatic carbocycles. The lowest BCUT2D eigenvalue weighted by atomic mass is 9.89. The molecular weight excluding hydrogens is 254 g/mol. The summed E-state index contributed by atoms with van der Waals surface area (Å²) in [7, 11) is 0. The fourth-order valence-electron chi connectivity index (χ4n) is 3.45. The first-order valence-corrected chi connectivity index (χ1v) is 7.62. The number of aryl methyl sites for hydroxylation is 1. The Morgan fingerprint density at radius 1 is 1.00 bits per heavy atom. The molecule has 0 saturated heterocycles. The van der Waals surface area contributed by atoms with Gasteiger partial charge in [0.15, 0.2) is 0 Å². The molecule has 0 saturated carbocycles. The number of allylic oxidation sites excluding steroid dienone is 2. The monoisotopic (exact) mass is 273 g/mol. The molecular formula is C20H19N. The van der Waals surface area contributed by atoms with Gasteiger partial charge >= 0.3 is 0 Å². The van der Waals surface area contributed by atoms with E-state index >= 15 is 0 Å². The average Bonchev–Trinajstić information content (AvgIpc) is 2.54. The standard InChI is InChI=1S/C20H19N/c1-15-6-2-4-8-18(15)17-10-11-20-19-9-5-3-7-16(19)12-13-21(20)14-17/h2-11,14,20H,12-13H2,1H3. The summed E-state index contributed by atoms with van der Waals surface area (Å²) in [6.07, 6.45) is 8.10. The quantitative estimate of drug-likeness (QED) is 0.739. The van der Waals surface area contributed by atoms with E-state index in [9.17, 15) is 0 Å². The molecule has 1 unspecified atom stereocenters. The van der Waals surface area contributed by atoms with Crippen LogP contribution >= 0.6 is 0 Å². The molecule has 21 heavy (non-hydrogen) atoms. The van der Waals surface area contributed by atoms with Gasteiger partial charge in [0.05, 0.1) is 6.04 Å². The molecule has 0 amide bonds. The van der Waals surface area contributed by atoms with Crippen molar-refractivity contribution < 1.29 is 0 Å². The van der Waals surface area contributed by atoms with Crippen molar-refractivity contribution in [3.05, 3.63) is 89.1 Å². The van der Waals surface area contributed by atoms with E-state index in [0.29, 0.717) is 6.04 Å². The van der Waals surface area contributed by atoms with Crippen LogP contribution in [0.3, 0.4) is 0 Å². The highest BCUT2D eigenvalue weighted by Gasteiger charge is 2.25. The molecule has 0 spiro atoms. The van der Waals surface area contributed by atoms with Crippen LogP contribution in [0.1, 0.15) is 28.3 Å². The van der Waals surface area contributed by atoms with Crippen molar-refractivity contribution >= 4 is 5.57 Å². The normalized spacial score (nSPS) is 19.8. The van der Waals surface area contributed by atoms with Crippen molar-refractivity contribution in [2.45, 2.75) is 19.4 Å². The third kappa shape index (κ3) is 2.09. The van der Waals surface area contributed by atoms with Crippen molar-refractivity contribution in [2.24, 2.45) is 0 Å². The smallest absolute Gasteiger partial charge is 0.0727 e. The van der Waals surface area contributed by atoms with Gasteiger partial charge in [-0.25, -0.2) is 0 Å². The Kier molecular flexibility index (Phi) is 2.92. The van der Waals surface area contributed by atoms with Gasteiger partial charge in [-0.2, -0.15) is 0 Å². The summed E-state index contributed by atoms with van der Waals surface area (Å²) >= 11 is 0. The molecule has 0 N–H and O–H groups in total. The van der Waals surface area contributed by atoms with E-state index in [-0.39, 0.29) is 0 Å². The largest absolute Gasteiger partial charge is 0.366 e. The molecule has 0 radical (unpaired) electrons. The molecule has 0 bridgehead atoms. The maximum absolute atomic E-state index is 2.48. The minimum absolute atomic E-state index is 0.405. The van der Waals surface area contributed by atoms with Gasteiger partial charge in [0, 0.05) is 12.7 Å². The molecule has 2 aliphatic heterocycles. The van der Waals surface area contributed by atoms with Crippen LogP contribution < -0.4 is 0 Å². The molecule has 2 aromatic carbocycles. The Bertz CT molecular complexity index is 739. The van der Waals surface area contributed by atoms with Crippen LogP contribution in [0.15, 0.2) is 66.9 Å². The fraction of sp³-hybridized carbons (Fsp3) is 0.200. The number of rotatable bonds is 1. The lowest BCUT2D eigenvalue weighted by Gasteiger charge is -2.37. The van der Waals surface area contributed by atoms with Gasteiger partial charge in [-0.3, -0.25) is 0 Å². The molecule has 1 heteroatoms. The summed E-state index contributed by atoms with van der Waals surface area (Å²) < 4.78 is 0. The fourth-order valence-corrected chi connectivity index (χ4v) is 3.45. The Hall–Kier alpha value is -2.28. The highest BCUT2D eigenvalue weighted by molar-refractivity contribution is 5.77. The van der Waals surface area contributed by atoms with E-state index < -0.39 is 0 Å². The third-order valence-electron chi connectivity index (χ3n) is 4.59. The highest BCUT2D eigenvalue weighted by Crippen LogP contribution is 2.36. The summed E-state index contributed by atoms with van der Waals surface area (Å²) in [5, 5.41) is 0. The summed E-state index contributed by atoms with van der Waals surface area (Å²) in [6, 6.07) is 17.9. The topological polar surface area (TPSA) is 3.24 Å². The summed E-state index contributed by atoms with van der Waals surface area (Å²) in [4.78, 5) is 2.48. The van der Waals surface area contributed by atoms with Crippen LogP contribution in [0.25, 0.3) is 5.57 Å². The second kappa shape index (κ2) is 4.92. The molecule has 1 nitrogen and oxygen atoms in total. The van der Waals surface area contributed by atoms with E-state index in [0.717, 1.165) is 13.0 Å². The Labute approximate surface area is 126 Å². The number of benzene rings is 2. The zero-order valence-electron chi connectivity index (χ0n) is 12.3. The van der Waals surface area contributed by atoms with Gasteiger partial charge in [0.1, 0.15) is 0 Å². The molecule has 0 aromatic heterocycles. The second-order valence-corrected chi connectivity index (χ2v) is 5.89. The summed E-state index contributed by atoms with van der Waals surface area (Å²) in [6.45, 7) is 3.28.